The van der Waals surface area contributed by atoms with Gasteiger partial charge in [-0.05, 0) is 61.1 Å². The normalized spacial score (nSPS) is 19.4. The number of carbonyl (C=O) groups is 3. The topological polar surface area (TPSA) is 90.0 Å². The Bertz CT molecular complexity index is 1050. The van der Waals surface area contributed by atoms with Gasteiger partial charge in [-0.3, -0.25) is 14.4 Å². The molecule has 2 aromatic carbocycles. The van der Waals surface area contributed by atoms with E-state index in [1.165, 1.54) is 0 Å². The van der Waals surface area contributed by atoms with Gasteiger partial charge in [0, 0.05) is 43.3 Å². The third kappa shape index (κ3) is 4.25. The summed E-state index contributed by atoms with van der Waals surface area (Å²) in [6.07, 6.45) is 3.17. The number of amides is 3. The minimum atomic E-state index is -1.15. The quantitative estimate of drug-likeness (QED) is 0.755. The van der Waals surface area contributed by atoms with Crippen molar-refractivity contribution in [2.75, 3.05) is 26.2 Å². The summed E-state index contributed by atoms with van der Waals surface area (Å²) in [7, 11) is 0. The summed E-state index contributed by atoms with van der Waals surface area (Å²) >= 11 is 0. The fourth-order valence-electron chi connectivity index (χ4n) is 4.06. The van der Waals surface area contributed by atoms with Crippen LogP contribution in [0, 0.1) is 0 Å². The number of hydrogen-bond acceptors (Lipinski definition) is 4. The van der Waals surface area contributed by atoms with Gasteiger partial charge < -0.3 is 20.2 Å². The number of nitrogens with one attached hydrogen (secondary N) is 1. The average Bonchev–Trinajstić information content (AvgIpc) is 3.77. The van der Waals surface area contributed by atoms with Gasteiger partial charge in [-0.1, -0.05) is 24.3 Å². The van der Waals surface area contributed by atoms with Crippen molar-refractivity contribution in [3.05, 3.63) is 59.7 Å². The first-order valence-electron chi connectivity index (χ1n) is 11.3. The maximum atomic E-state index is 12.9. The molecule has 7 heteroatoms. The molecule has 2 aliphatic carbocycles. The van der Waals surface area contributed by atoms with Gasteiger partial charge in [0.15, 0.2) is 0 Å². The molecule has 2 saturated carbocycles. The van der Waals surface area contributed by atoms with Crippen LogP contribution in [0.4, 0.5) is 0 Å². The molecule has 0 atom stereocenters. The van der Waals surface area contributed by atoms with E-state index in [2.05, 4.69) is 5.32 Å². The van der Waals surface area contributed by atoms with Crippen LogP contribution in [0.25, 0.3) is 11.1 Å². The molecule has 0 bridgehead atoms. The predicted octanol–water partition coefficient (Wildman–Crippen LogP) is 2.06. The van der Waals surface area contributed by atoms with Crippen molar-refractivity contribution in [2.24, 2.45) is 0 Å². The summed E-state index contributed by atoms with van der Waals surface area (Å²) in [5.41, 5.74) is 1.95. The first-order valence-corrected chi connectivity index (χ1v) is 11.3. The third-order valence-corrected chi connectivity index (χ3v) is 6.48. The van der Waals surface area contributed by atoms with Crippen molar-refractivity contribution in [1.82, 2.24) is 15.1 Å². The van der Waals surface area contributed by atoms with E-state index < -0.39 is 5.60 Å². The molecular formula is C25H27N3O4. The smallest absolute Gasteiger partial charge is 0.254 e. The van der Waals surface area contributed by atoms with Crippen LogP contribution >= 0.6 is 0 Å². The molecule has 1 saturated heterocycles. The summed E-state index contributed by atoms with van der Waals surface area (Å²) in [4.78, 5) is 40.9. The van der Waals surface area contributed by atoms with E-state index in [4.69, 9.17) is 0 Å². The highest BCUT2D eigenvalue weighted by Crippen LogP contribution is 2.37. The molecule has 2 N–H and O–H groups in total. The van der Waals surface area contributed by atoms with Gasteiger partial charge in [-0.25, -0.2) is 0 Å². The number of piperazine rings is 1. The van der Waals surface area contributed by atoms with Crippen molar-refractivity contribution in [3.8, 4) is 11.1 Å². The summed E-state index contributed by atoms with van der Waals surface area (Å²) in [6, 6.07) is 15.2. The molecule has 2 aromatic rings. The fourth-order valence-corrected chi connectivity index (χ4v) is 4.06. The average molecular weight is 434 g/mol. The Labute approximate surface area is 187 Å². The molecule has 166 valence electrons. The highest BCUT2D eigenvalue weighted by Gasteiger charge is 2.50. The largest absolute Gasteiger partial charge is 0.380 e. The van der Waals surface area contributed by atoms with Crippen molar-refractivity contribution in [2.45, 2.75) is 37.3 Å². The van der Waals surface area contributed by atoms with Crippen LogP contribution in [-0.2, 0) is 4.79 Å². The predicted molar refractivity (Wildman–Crippen MR) is 119 cm³/mol. The lowest BCUT2D eigenvalue weighted by atomic mass is 10.0. The SMILES string of the molecule is O=C(NC1CC1)c1cccc(-c2ccc(C(=O)N3CCN(C(=O)C4(O)CC4)CC3)cc2)c1. The minimum Gasteiger partial charge on any atom is -0.380 e. The second-order valence-electron chi connectivity index (χ2n) is 9.02. The highest BCUT2D eigenvalue weighted by molar-refractivity contribution is 5.97. The summed E-state index contributed by atoms with van der Waals surface area (Å²) < 4.78 is 0. The Kier molecular flexibility index (Phi) is 5.21. The minimum absolute atomic E-state index is 0.0485. The van der Waals surface area contributed by atoms with E-state index in [9.17, 15) is 19.5 Å². The standard InChI is InChI=1S/C25H27N3O4/c29-22(26-21-8-9-21)20-3-1-2-19(16-20)17-4-6-18(7-5-17)23(30)27-12-14-28(15-13-27)24(31)25(32)10-11-25/h1-7,16,21,32H,8-15H2,(H,26,29). The summed E-state index contributed by atoms with van der Waals surface area (Å²) in [5, 5.41) is 13.0. The Morgan fingerprint density at radius 1 is 0.844 bits per heavy atom. The molecule has 0 spiro atoms. The van der Waals surface area contributed by atoms with E-state index in [-0.39, 0.29) is 17.7 Å². The monoisotopic (exact) mass is 433 g/mol. The van der Waals surface area contributed by atoms with Gasteiger partial charge >= 0.3 is 0 Å². The summed E-state index contributed by atoms with van der Waals surface area (Å²) in [6.45, 7) is 1.81. The van der Waals surface area contributed by atoms with Crippen LogP contribution in [0.15, 0.2) is 48.5 Å². The Hall–Kier alpha value is -3.19. The molecule has 3 amide bonds. The van der Waals surface area contributed by atoms with E-state index in [0.29, 0.717) is 56.2 Å². The van der Waals surface area contributed by atoms with E-state index in [1.807, 2.05) is 36.4 Å². The van der Waals surface area contributed by atoms with Crippen molar-refractivity contribution < 1.29 is 19.5 Å². The highest BCUT2D eigenvalue weighted by atomic mass is 16.3. The van der Waals surface area contributed by atoms with Crippen LogP contribution in [-0.4, -0.2) is 70.4 Å². The fraction of sp³-hybridized carbons (Fsp3) is 0.400. The van der Waals surface area contributed by atoms with Crippen LogP contribution in [0.5, 0.6) is 0 Å². The maximum absolute atomic E-state index is 12.9. The molecule has 0 aromatic heterocycles. The van der Waals surface area contributed by atoms with Crippen molar-refractivity contribution >= 4 is 17.7 Å². The van der Waals surface area contributed by atoms with Gasteiger partial charge in [-0.15, -0.1) is 0 Å². The zero-order valence-electron chi connectivity index (χ0n) is 17.9. The molecule has 1 aliphatic heterocycles. The van der Waals surface area contributed by atoms with E-state index in [1.54, 1.807) is 21.9 Å². The van der Waals surface area contributed by atoms with Crippen molar-refractivity contribution in [3.63, 3.8) is 0 Å². The zero-order chi connectivity index (χ0) is 22.3. The molecule has 0 radical (unpaired) electrons. The molecule has 5 rings (SSSR count). The number of aliphatic hydroxyl groups is 1. The maximum Gasteiger partial charge on any atom is 0.254 e. The molecule has 0 unspecified atom stereocenters. The second-order valence-corrected chi connectivity index (χ2v) is 9.02. The lowest BCUT2D eigenvalue weighted by molar-refractivity contribution is -0.143. The lowest BCUT2D eigenvalue weighted by Gasteiger charge is -2.35. The number of nitrogens with zero attached hydrogens (tertiary/aromatic N) is 2. The number of hydrogen-bond donors (Lipinski definition) is 2. The van der Waals surface area contributed by atoms with Gasteiger partial charge in [0.05, 0.1) is 0 Å². The Balaban J connectivity index is 1.21. The molecule has 32 heavy (non-hydrogen) atoms. The van der Waals surface area contributed by atoms with E-state index >= 15 is 0 Å². The Morgan fingerprint density at radius 2 is 1.50 bits per heavy atom. The number of benzene rings is 2. The first kappa shape index (κ1) is 20.7. The van der Waals surface area contributed by atoms with Gasteiger partial charge in [0.25, 0.3) is 17.7 Å². The molecular weight excluding hydrogens is 406 g/mol. The lowest BCUT2D eigenvalue weighted by Crippen LogP contribution is -2.53. The zero-order valence-corrected chi connectivity index (χ0v) is 17.9. The molecule has 7 nitrogen and oxygen atoms in total. The van der Waals surface area contributed by atoms with Gasteiger partial charge in [-0.2, -0.15) is 0 Å². The third-order valence-electron chi connectivity index (χ3n) is 6.48. The number of carbonyl (C=O) groups excluding carboxylic acids is 3. The van der Waals surface area contributed by atoms with Crippen LogP contribution in [0.3, 0.4) is 0 Å². The van der Waals surface area contributed by atoms with Crippen LogP contribution in [0.1, 0.15) is 46.4 Å². The first-order chi connectivity index (χ1) is 15.4. The molecule has 3 fully saturated rings. The second kappa shape index (κ2) is 8.06. The van der Waals surface area contributed by atoms with Gasteiger partial charge in [0.1, 0.15) is 5.60 Å². The number of rotatable bonds is 5. The summed E-state index contributed by atoms with van der Waals surface area (Å²) in [5.74, 6) is -0.319. The van der Waals surface area contributed by atoms with Crippen molar-refractivity contribution in [1.29, 1.82) is 0 Å². The molecule has 3 aliphatic rings. The van der Waals surface area contributed by atoms with Crippen LogP contribution in [0.2, 0.25) is 0 Å². The molecule has 1 heterocycles. The Morgan fingerprint density at radius 3 is 2.12 bits per heavy atom. The van der Waals surface area contributed by atoms with Crippen LogP contribution < -0.4 is 5.32 Å². The van der Waals surface area contributed by atoms with Gasteiger partial charge in [0.2, 0.25) is 0 Å². The van der Waals surface area contributed by atoms with E-state index in [0.717, 1.165) is 24.0 Å².